The lowest BCUT2D eigenvalue weighted by molar-refractivity contribution is -0.121. The van der Waals surface area contributed by atoms with Crippen molar-refractivity contribution in [2.24, 2.45) is 5.92 Å². The lowest BCUT2D eigenvalue weighted by Crippen LogP contribution is -2.38. The Bertz CT molecular complexity index is 377. The fraction of sp³-hybridized carbons (Fsp3) is 0.562. The van der Waals surface area contributed by atoms with E-state index in [1.807, 2.05) is 18.2 Å². The smallest absolute Gasteiger partial charge is 0.220 e. The summed E-state index contributed by atoms with van der Waals surface area (Å²) in [5.74, 6) is 0.813. The summed E-state index contributed by atoms with van der Waals surface area (Å²) in [7, 11) is 0. The minimum Gasteiger partial charge on any atom is -0.356 e. The van der Waals surface area contributed by atoms with Crippen molar-refractivity contribution < 1.29 is 4.79 Å². The molecule has 3 nitrogen and oxygen atoms in total. The molecule has 1 amide bonds. The molecule has 0 saturated carbocycles. The zero-order valence-corrected chi connectivity index (χ0v) is 12.8. The van der Waals surface area contributed by atoms with Gasteiger partial charge in [-0.1, -0.05) is 30.3 Å². The number of halogens is 1. The molecule has 1 unspecified atom stereocenters. The molecule has 20 heavy (non-hydrogen) atoms. The lowest BCUT2D eigenvalue weighted by atomic mass is 10.00. The molecule has 1 aromatic rings. The average molecular weight is 297 g/mol. The first-order chi connectivity index (χ1) is 9.34. The molecule has 0 radical (unpaired) electrons. The summed E-state index contributed by atoms with van der Waals surface area (Å²) in [5, 5.41) is 6.43. The zero-order chi connectivity index (χ0) is 13.3. The minimum atomic E-state index is 0. The highest BCUT2D eigenvalue weighted by Crippen LogP contribution is 2.08. The zero-order valence-electron chi connectivity index (χ0n) is 11.9. The Morgan fingerprint density at radius 1 is 1.30 bits per heavy atom. The van der Waals surface area contributed by atoms with E-state index in [4.69, 9.17) is 0 Å². The third kappa shape index (κ3) is 6.40. The second kappa shape index (κ2) is 9.78. The standard InChI is InChI=1S/C16H24N2O.ClH/c19-16(18-13-15-9-5-11-17-12-15)10-4-8-14-6-2-1-3-7-14;/h1-3,6-7,15,17H,4-5,8-13H2,(H,18,19);1H. The van der Waals surface area contributed by atoms with E-state index >= 15 is 0 Å². The van der Waals surface area contributed by atoms with Crippen LogP contribution in [0.5, 0.6) is 0 Å². The molecule has 0 bridgehead atoms. The number of nitrogens with one attached hydrogen (secondary N) is 2. The summed E-state index contributed by atoms with van der Waals surface area (Å²) in [6.07, 6.45) is 5.01. The molecular formula is C16H25ClN2O. The maximum absolute atomic E-state index is 11.7. The summed E-state index contributed by atoms with van der Waals surface area (Å²) in [6.45, 7) is 3.00. The van der Waals surface area contributed by atoms with Gasteiger partial charge in [0.25, 0.3) is 0 Å². The molecule has 2 N–H and O–H groups in total. The summed E-state index contributed by atoms with van der Waals surface area (Å²) in [5.41, 5.74) is 1.31. The molecule has 4 heteroatoms. The Labute approximate surface area is 127 Å². The first kappa shape index (κ1) is 17.0. The van der Waals surface area contributed by atoms with Crippen molar-refractivity contribution in [1.29, 1.82) is 0 Å². The van der Waals surface area contributed by atoms with E-state index in [-0.39, 0.29) is 18.3 Å². The van der Waals surface area contributed by atoms with Crippen molar-refractivity contribution in [2.45, 2.75) is 32.1 Å². The van der Waals surface area contributed by atoms with Crippen LogP contribution in [-0.4, -0.2) is 25.5 Å². The molecule has 1 saturated heterocycles. The number of amides is 1. The van der Waals surface area contributed by atoms with Crippen LogP contribution in [0.2, 0.25) is 0 Å². The van der Waals surface area contributed by atoms with Crippen molar-refractivity contribution in [3.05, 3.63) is 35.9 Å². The van der Waals surface area contributed by atoms with Gasteiger partial charge in [0.2, 0.25) is 5.91 Å². The number of hydrogen-bond acceptors (Lipinski definition) is 2. The predicted molar refractivity (Wildman–Crippen MR) is 85.2 cm³/mol. The summed E-state index contributed by atoms with van der Waals surface area (Å²) in [4.78, 5) is 11.7. The molecular weight excluding hydrogens is 272 g/mol. The molecule has 1 aromatic carbocycles. The van der Waals surface area contributed by atoms with E-state index in [0.717, 1.165) is 32.5 Å². The fourth-order valence-corrected chi connectivity index (χ4v) is 2.54. The van der Waals surface area contributed by atoms with Gasteiger partial charge in [-0.15, -0.1) is 12.4 Å². The molecule has 0 aliphatic carbocycles. The van der Waals surface area contributed by atoms with Crippen LogP contribution in [-0.2, 0) is 11.2 Å². The number of benzene rings is 1. The topological polar surface area (TPSA) is 41.1 Å². The molecule has 112 valence electrons. The fourth-order valence-electron chi connectivity index (χ4n) is 2.54. The Hall–Kier alpha value is -1.06. The van der Waals surface area contributed by atoms with Gasteiger partial charge in [0.15, 0.2) is 0 Å². The number of aryl methyl sites for hydroxylation is 1. The van der Waals surface area contributed by atoms with Gasteiger partial charge in [-0.25, -0.2) is 0 Å². The number of piperidine rings is 1. The molecule has 0 spiro atoms. The second-order valence-corrected chi connectivity index (χ2v) is 5.36. The first-order valence-electron chi connectivity index (χ1n) is 7.36. The van der Waals surface area contributed by atoms with E-state index < -0.39 is 0 Å². The third-order valence-corrected chi connectivity index (χ3v) is 3.70. The van der Waals surface area contributed by atoms with Crippen LogP contribution >= 0.6 is 12.4 Å². The van der Waals surface area contributed by atoms with Crippen LogP contribution in [0.1, 0.15) is 31.2 Å². The van der Waals surface area contributed by atoms with Crippen LogP contribution in [0.4, 0.5) is 0 Å². The Morgan fingerprint density at radius 3 is 2.80 bits per heavy atom. The maximum atomic E-state index is 11.7. The Balaban J connectivity index is 0.00000200. The number of carbonyl (C=O) groups is 1. The molecule has 1 heterocycles. The highest BCUT2D eigenvalue weighted by molar-refractivity contribution is 5.85. The quantitative estimate of drug-likeness (QED) is 0.847. The summed E-state index contributed by atoms with van der Waals surface area (Å²) in [6, 6.07) is 10.3. The predicted octanol–water partition coefficient (Wildman–Crippen LogP) is 2.55. The minimum absolute atomic E-state index is 0. The number of carbonyl (C=O) groups excluding carboxylic acids is 1. The van der Waals surface area contributed by atoms with Crippen LogP contribution in [0.15, 0.2) is 30.3 Å². The largest absolute Gasteiger partial charge is 0.356 e. The first-order valence-corrected chi connectivity index (χ1v) is 7.36. The monoisotopic (exact) mass is 296 g/mol. The Kier molecular flexibility index (Phi) is 8.31. The summed E-state index contributed by atoms with van der Waals surface area (Å²) >= 11 is 0. The van der Waals surface area contributed by atoms with Gasteiger partial charge in [-0.2, -0.15) is 0 Å². The van der Waals surface area contributed by atoms with E-state index in [0.29, 0.717) is 12.3 Å². The highest BCUT2D eigenvalue weighted by Gasteiger charge is 2.13. The molecule has 0 aromatic heterocycles. The van der Waals surface area contributed by atoms with Crippen LogP contribution in [0, 0.1) is 5.92 Å². The van der Waals surface area contributed by atoms with Crippen molar-refractivity contribution in [3.8, 4) is 0 Å². The normalized spacial score (nSPS) is 18.1. The molecule has 1 aliphatic heterocycles. The highest BCUT2D eigenvalue weighted by atomic mass is 35.5. The molecule has 1 fully saturated rings. The Morgan fingerprint density at radius 2 is 2.10 bits per heavy atom. The van der Waals surface area contributed by atoms with E-state index in [1.165, 1.54) is 18.4 Å². The van der Waals surface area contributed by atoms with Gasteiger partial charge in [0.1, 0.15) is 0 Å². The number of hydrogen-bond donors (Lipinski definition) is 2. The van der Waals surface area contributed by atoms with Crippen LogP contribution in [0.25, 0.3) is 0 Å². The van der Waals surface area contributed by atoms with Gasteiger partial charge in [-0.05, 0) is 50.3 Å². The van der Waals surface area contributed by atoms with Gasteiger partial charge in [0, 0.05) is 13.0 Å². The lowest BCUT2D eigenvalue weighted by Gasteiger charge is -2.22. The van der Waals surface area contributed by atoms with Crippen LogP contribution < -0.4 is 10.6 Å². The average Bonchev–Trinajstić information content (AvgIpc) is 2.47. The van der Waals surface area contributed by atoms with Crippen molar-refractivity contribution in [2.75, 3.05) is 19.6 Å². The third-order valence-electron chi connectivity index (χ3n) is 3.70. The van der Waals surface area contributed by atoms with Crippen LogP contribution in [0.3, 0.4) is 0 Å². The van der Waals surface area contributed by atoms with E-state index in [2.05, 4.69) is 22.8 Å². The molecule has 2 rings (SSSR count). The van der Waals surface area contributed by atoms with Gasteiger partial charge in [0.05, 0.1) is 0 Å². The van der Waals surface area contributed by atoms with E-state index in [9.17, 15) is 4.79 Å². The molecule has 1 atom stereocenters. The van der Waals surface area contributed by atoms with E-state index in [1.54, 1.807) is 0 Å². The summed E-state index contributed by atoms with van der Waals surface area (Å²) < 4.78 is 0. The molecule has 1 aliphatic rings. The van der Waals surface area contributed by atoms with Gasteiger partial charge >= 0.3 is 0 Å². The van der Waals surface area contributed by atoms with Crippen molar-refractivity contribution in [1.82, 2.24) is 10.6 Å². The SMILES string of the molecule is Cl.O=C(CCCc1ccccc1)NCC1CCCNC1. The number of rotatable bonds is 6. The van der Waals surface area contributed by atoms with Crippen molar-refractivity contribution in [3.63, 3.8) is 0 Å². The second-order valence-electron chi connectivity index (χ2n) is 5.36. The maximum Gasteiger partial charge on any atom is 0.220 e. The van der Waals surface area contributed by atoms with Gasteiger partial charge < -0.3 is 10.6 Å². The van der Waals surface area contributed by atoms with Gasteiger partial charge in [-0.3, -0.25) is 4.79 Å². The van der Waals surface area contributed by atoms with Crippen molar-refractivity contribution >= 4 is 18.3 Å².